The fourth-order valence-corrected chi connectivity index (χ4v) is 2.85. The second kappa shape index (κ2) is 12.5. The summed E-state index contributed by atoms with van der Waals surface area (Å²) in [6, 6.07) is 9.99. The first-order chi connectivity index (χ1) is 10.7. The summed E-state index contributed by atoms with van der Waals surface area (Å²) in [4.78, 5) is 14.2. The summed E-state index contributed by atoms with van der Waals surface area (Å²) < 4.78 is 4.89. The van der Waals surface area contributed by atoms with E-state index in [0.29, 0.717) is 12.5 Å². The van der Waals surface area contributed by atoms with Gasteiger partial charge in [-0.15, -0.1) is 24.8 Å². The van der Waals surface area contributed by atoms with Gasteiger partial charge in [0.1, 0.15) is 6.04 Å². The molecule has 1 heterocycles. The molecule has 1 aromatic carbocycles. The summed E-state index contributed by atoms with van der Waals surface area (Å²) in [6.45, 7) is 4.21. The largest absolute Gasteiger partial charge is 0.383 e. The molecule has 0 radical (unpaired) electrons. The number of amides is 1. The van der Waals surface area contributed by atoms with Crippen molar-refractivity contribution in [1.82, 2.24) is 10.2 Å². The van der Waals surface area contributed by atoms with E-state index < -0.39 is 6.04 Å². The van der Waals surface area contributed by atoms with Gasteiger partial charge in [-0.05, 0) is 30.9 Å². The van der Waals surface area contributed by atoms with E-state index in [0.717, 1.165) is 32.5 Å². The number of rotatable bonds is 8. The molecule has 0 aromatic heterocycles. The molecule has 5 nitrogen and oxygen atoms in total. The first-order valence-electron chi connectivity index (χ1n) is 7.97. The van der Waals surface area contributed by atoms with Crippen molar-refractivity contribution in [2.75, 3.05) is 39.9 Å². The number of ether oxygens (including phenoxy) is 1. The minimum Gasteiger partial charge on any atom is -0.383 e. The predicted molar refractivity (Wildman–Crippen MR) is 102 cm³/mol. The van der Waals surface area contributed by atoms with Gasteiger partial charge in [-0.25, -0.2) is 0 Å². The average molecular weight is 378 g/mol. The van der Waals surface area contributed by atoms with E-state index >= 15 is 0 Å². The number of halogens is 2. The molecular weight excluding hydrogens is 349 g/mol. The third-order valence-corrected chi connectivity index (χ3v) is 4.18. The summed E-state index contributed by atoms with van der Waals surface area (Å²) in [6.07, 6.45) is 2.22. The third-order valence-electron chi connectivity index (χ3n) is 4.18. The van der Waals surface area contributed by atoms with Crippen LogP contribution in [0.3, 0.4) is 0 Å². The van der Waals surface area contributed by atoms with Gasteiger partial charge in [0.25, 0.3) is 0 Å². The maximum Gasteiger partial charge on any atom is 0.239 e. The number of likely N-dealkylation sites (tertiary alicyclic amines) is 1. The van der Waals surface area contributed by atoms with Crippen molar-refractivity contribution in [3.63, 3.8) is 0 Å². The van der Waals surface area contributed by atoms with Crippen LogP contribution >= 0.6 is 24.8 Å². The molecule has 1 aromatic rings. The number of carbonyl (C=O) groups excluding carboxylic acids is 1. The summed E-state index contributed by atoms with van der Waals surface area (Å²) >= 11 is 0. The Hall–Kier alpha value is -0.850. The molecule has 0 aliphatic carbocycles. The molecule has 24 heavy (non-hydrogen) atoms. The van der Waals surface area contributed by atoms with E-state index in [9.17, 15) is 4.79 Å². The highest BCUT2D eigenvalue weighted by molar-refractivity contribution is 5.85. The van der Waals surface area contributed by atoms with Gasteiger partial charge in [0, 0.05) is 26.7 Å². The Balaban J connectivity index is 0.00000264. The number of nitrogens with one attached hydrogen (secondary N) is 1. The van der Waals surface area contributed by atoms with Crippen LogP contribution in [0.4, 0.5) is 0 Å². The second-order valence-corrected chi connectivity index (χ2v) is 6.00. The Morgan fingerprint density at radius 1 is 1.38 bits per heavy atom. The number of methoxy groups -OCH3 is 1. The lowest BCUT2D eigenvalue weighted by Crippen LogP contribution is -2.45. The van der Waals surface area contributed by atoms with Crippen LogP contribution in [0.25, 0.3) is 0 Å². The maximum atomic E-state index is 11.8. The van der Waals surface area contributed by atoms with E-state index in [1.165, 1.54) is 5.56 Å². The van der Waals surface area contributed by atoms with Gasteiger partial charge in [-0.2, -0.15) is 0 Å². The van der Waals surface area contributed by atoms with Crippen LogP contribution in [0.2, 0.25) is 0 Å². The highest BCUT2D eigenvalue weighted by Gasteiger charge is 2.23. The molecular formula is C17H29Cl2N3O2. The Kier molecular flexibility index (Phi) is 12.1. The van der Waals surface area contributed by atoms with Crippen LogP contribution in [-0.2, 0) is 16.0 Å². The van der Waals surface area contributed by atoms with E-state index in [1.54, 1.807) is 7.11 Å². The van der Waals surface area contributed by atoms with Crippen LogP contribution < -0.4 is 11.1 Å². The maximum absolute atomic E-state index is 11.8. The second-order valence-electron chi connectivity index (χ2n) is 6.00. The normalized spacial score (nSPS) is 18.3. The van der Waals surface area contributed by atoms with Gasteiger partial charge in [-0.3, -0.25) is 4.79 Å². The minimum absolute atomic E-state index is 0. The van der Waals surface area contributed by atoms with E-state index in [1.807, 2.05) is 6.07 Å². The molecule has 0 spiro atoms. The van der Waals surface area contributed by atoms with Gasteiger partial charge in [-0.1, -0.05) is 30.3 Å². The standard InChI is InChI=1S/C17H27N3O2.2ClH/c1-22-13-16(18)17(21)19-11-15-8-10-20(12-15)9-7-14-5-3-2-4-6-14;;/h2-6,15-16H,7-13,18H2,1H3,(H,19,21);2*1H. The van der Waals surface area contributed by atoms with Crippen molar-refractivity contribution in [3.05, 3.63) is 35.9 Å². The summed E-state index contributed by atoms with van der Waals surface area (Å²) in [5.41, 5.74) is 7.08. The van der Waals surface area contributed by atoms with Crippen molar-refractivity contribution in [3.8, 4) is 0 Å². The van der Waals surface area contributed by atoms with Crippen LogP contribution in [0.1, 0.15) is 12.0 Å². The monoisotopic (exact) mass is 377 g/mol. The van der Waals surface area contributed by atoms with Gasteiger partial charge in [0.15, 0.2) is 0 Å². The van der Waals surface area contributed by atoms with Gasteiger partial charge in [0.05, 0.1) is 6.61 Å². The summed E-state index contributed by atoms with van der Waals surface area (Å²) in [7, 11) is 1.55. The lowest BCUT2D eigenvalue weighted by Gasteiger charge is -2.17. The number of hydrogen-bond acceptors (Lipinski definition) is 4. The molecule has 1 aliphatic rings. The Morgan fingerprint density at radius 3 is 2.75 bits per heavy atom. The van der Waals surface area contributed by atoms with Crippen molar-refractivity contribution < 1.29 is 9.53 Å². The molecule has 1 fully saturated rings. The van der Waals surface area contributed by atoms with Crippen LogP contribution in [-0.4, -0.2) is 56.7 Å². The topological polar surface area (TPSA) is 67.6 Å². The SMILES string of the molecule is COCC(N)C(=O)NCC1CCN(CCc2ccccc2)C1.Cl.Cl. The number of benzene rings is 1. The Morgan fingerprint density at radius 2 is 2.08 bits per heavy atom. The van der Waals surface area contributed by atoms with Crippen molar-refractivity contribution in [2.24, 2.45) is 11.7 Å². The highest BCUT2D eigenvalue weighted by Crippen LogP contribution is 2.16. The fraction of sp³-hybridized carbons (Fsp3) is 0.588. The zero-order valence-electron chi connectivity index (χ0n) is 14.1. The first kappa shape index (κ1) is 23.1. The number of nitrogens with two attached hydrogens (primary N) is 1. The minimum atomic E-state index is -0.569. The predicted octanol–water partition coefficient (Wildman–Crippen LogP) is 1.48. The molecule has 0 saturated carbocycles. The zero-order chi connectivity index (χ0) is 15.8. The molecule has 1 aliphatic heterocycles. The molecule has 7 heteroatoms. The van der Waals surface area contributed by atoms with Gasteiger partial charge in [0.2, 0.25) is 5.91 Å². The summed E-state index contributed by atoms with van der Waals surface area (Å²) in [5.74, 6) is 0.402. The molecule has 3 N–H and O–H groups in total. The van der Waals surface area contributed by atoms with Crippen molar-refractivity contribution in [2.45, 2.75) is 18.9 Å². The molecule has 2 rings (SSSR count). The van der Waals surface area contributed by atoms with Crippen LogP contribution in [0.15, 0.2) is 30.3 Å². The number of carbonyl (C=O) groups is 1. The average Bonchev–Trinajstić information content (AvgIpc) is 3.00. The van der Waals surface area contributed by atoms with Crippen molar-refractivity contribution in [1.29, 1.82) is 0 Å². The fourth-order valence-electron chi connectivity index (χ4n) is 2.85. The zero-order valence-corrected chi connectivity index (χ0v) is 15.8. The quantitative estimate of drug-likeness (QED) is 0.719. The van der Waals surface area contributed by atoms with Gasteiger partial charge >= 0.3 is 0 Å². The van der Waals surface area contributed by atoms with Crippen LogP contribution in [0, 0.1) is 5.92 Å². The Labute approximate surface area is 157 Å². The lowest BCUT2D eigenvalue weighted by molar-refractivity contribution is -0.123. The van der Waals surface area contributed by atoms with Gasteiger partial charge < -0.3 is 20.7 Å². The van der Waals surface area contributed by atoms with E-state index in [2.05, 4.69) is 34.5 Å². The van der Waals surface area contributed by atoms with Crippen LogP contribution in [0.5, 0.6) is 0 Å². The molecule has 1 saturated heterocycles. The number of hydrogen-bond donors (Lipinski definition) is 2. The molecule has 2 atom stereocenters. The Bertz CT molecular complexity index is 462. The first-order valence-corrected chi connectivity index (χ1v) is 7.97. The summed E-state index contributed by atoms with van der Waals surface area (Å²) in [5, 5.41) is 2.93. The third kappa shape index (κ3) is 7.81. The molecule has 2 unspecified atom stereocenters. The smallest absolute Gasteiger partial charge is 0.239 e. The van der Waals surface area contributed by atoms with E-state index in [-0.39, 0.29) is 37.3 Å². The lowest BCUT2D eigenvalue weighted by atomic mass is 10.1. The van der Waals surface area contributed by atoms with Crippen molar-refractivity contribution >= 4 is 30.7 Å². The molecule has 0 bridgehead atoms. The number of nitrogens with zero attached hydrogens (tertiary/aromatic N) is 1. The highest BCUT2D eigenvalue weighted by atomic mass is 35.5. The molecule has 1 amide bonds. The van der Waals surface area contributed by atoms with E-state index in [4.69, 9.17) is 10.5 Å². The molecule has 138 valence electrons.